The quantitative estimate of drug-likeness (QED) is 0.618. The molecular formula is C16H30N4O. The maximum absolute atomic E-state index is 8.95. The summed E-state index contributed by atoms with van der Waals surface area (Å²) < 4.78 is 0. The Balaban J connectivity index is 2.68. The monoisotopic (exact) mass is 294 g/mol. The lowest BCUT2D eigenvalue weighted by molar-refractivity contribution is 0.248. The van der Waals surface area contributed by atoms with Crippen molar-refractivity contribution in [2.75, 3.05) is 30.3 Å². The molecular weight excluding hydrogens is 264 g/mol. The topological polar surface area (TPSA) is 70.1 Å². The zero-order valence-corrected chi connectivity index (χ0v) is 13.9. The molecule has 0 aliphatic heterocycles. The van der Waals surface area contributed by atoms with E-state index >= 15 is 0 Å². The van der Waals surface area contributed by atoms with Crippen molar-refractivity contribution >= 4 is 11.6 Å². The predicted octanol–water partition coefficient (Wildman–Crippen LogP) is 3.07. The maximum Gasteiger partial charge on any atom is 0.132 e. The van der Waals surface area contributed by atoms with Gasteiger partial charge in [0, 0.05) is 32.2 Å². The summed E-state index contributed by atoms with van der Waals surface area (Å²) in [4.78, 5) is 9.02. The van der Waals surface area contributed by atoms with Gasteiger partial charge in [-0.15, -0.1) is 0 Å². The molecule has 0 atom stereocenters. The van der Waals surface area contributed by atoms with Crippen molar-refractivity contribution in [3.63, 3.8) is 0 Å². The number of aromatic nitrogens is 2. The highest BCUT2D eigenvalue weighted by Gasteiger charge is 2.17. The first kappa shape index (κ1) is 17.7. The molecule has 0 spiro atoms. The van der Waals surface area contributed by atoms with E-state index < -0.39 is 0 Å². The third-order valence-electron chi connectivity index (χ3n) is 3.40. The summed E-state index contributed by atoms with van der Waals surface area (Å²) in [5, 5.41) is 15.7. The number of nitrogens with one attached hydrogen (secondary N) is 2. The molecule has 5 heteroatoms. The lowest BCUT2D eigenvalue weighted by Gasteiger charge is -2.25. The molecule has 5 nitrogen and oxygen atoms in total. The number of aliphatic hydroxyl groups is 1. The van der Waals surface area contributed by atoms with Crippen LogP contribution in [0.3, 0.4) is 0 Å². The molecule has 3 N–H and O–H groups in total. The van der Waals surface area contributed by atoms with Gasteiger partial charge < -0.3 is 15.7 Å². The van der Waals surface area contributed by atoms with Gasteiger partial charge in [-0.05, 0) is 24.7 Å². The highest BCUT2D eigenvalue weighted by Crippen LogP contribution is 2.23. The Labute approximate surface area is 128 Å². The Hall–Kier alpha value is -1.36. The first-order valence-electron chi connectivity index (χ1n) is 7.97. The van der Waals surface area contributed by atoms with E-state index in [0.29, 0.717) is 0 Å². The second-order valence-electron chi connectivity index (χ2n) is 6.18. The van der Waals surface area contributed by atoms with Crippen molar-refractivity contribution in [3.05, 3.63) is 11.9 Å². The van der Waals surface area contributed by atoms with E-state index in [-0.39, 0.29) is 12.0 Å². The zero-order valence-electron chi connectivity index (χ0n) is 13.9. The van der Waals surface area contributed by atoms with Crippen LogP contribution in [0.5, 0.6) is 0 Å². The van der Waals surface area contributed by atoms with Crippen LogP contribution in [-0.4, -0.2) is 34.8 Å². The molecule has 0 fully saturated rings. The van der Waals surface area contributed by atoms with Crippen molar-refractivity contribution in [1.82, 2.24) is 9.97 Å². The fourth-order valence-electron chi connectivity index (χ4n) is 2.07. The largest absolute Gasteiger partial charge is 0.396 e. The van der Waals surface area contributed by atoms with Crippen LogP contribution in [0.4, 0.5) is 11.6 Å². The van der Waals surface area contributed by atoms with Crippen LogP contribution in [0, 0.1) is 5.41 Å². The third-order valence-corrected chi connectivity index (χ3v) is 3.40. The lowest BCUT2D eigenvalue weighted by atomic mass is 9.88. The molecule has 1 rings (SSSR count). The average Bonchev–Trinajstić information content (AvgIpc) is 2.49. The first-order chi connectivity index (χ1) is 10.0. The highest BCUT2D eigenvalue weighted by atomic mass is 16.2. The van der Waals surface area contributed by atoms with Crippen molar-refractivity contribution in [2.24, 2.45) is 5.41 Å². The van der Waals surface area contributed by atoms with Gasteiger partial charge in [0.15, 0.2) is 0 Å². The average molecular weight is 294 g/mol. The second-order valence-corrected chi connectivity index (χ2v) is 6.18. The standard InChI is InChI=1S/C16H30N4O/c1-5-9-17-14-11-15(20-13(6-2)19-14)18-12-16(3,4)8-7-10-21/h11,21H,5-10,12H2,1-4H3,(H2,17,18,19,20). The molecule has 1 aromatic heterocycles. The predicted molar refractivity (Wildman–Crippen MR) is 88.8 cm³/mol. The van der Waals surface area contributed by atoms with Gasteiger partial charge in [0.25, 0.3) is 0 Å². The van der Waals surface area contributed by atoms with Gasteiger partial charge >= 0.3 is 0 Å². The highest BCUT2D eigenvalue weighted by molar-refractivity contribution is 5.47. The van der Waals surface area contributed by atoms with E-state index in [4.69, 9.17) is 5.11 Å². The molecule has 0 saturated carbocycles. The van der Waals surface area contributed by atoms with Gasteiger partial charge in [0.2, 0.25) is 0 Å². The lowest BCUT2D eigenvalue weighted by Crippen LogP contribution is -2.24. The number of rotatable bonds is 10. The number of aryl methyl sites for hydroxylation is 1. The van der Waals surface area contributed by atoms with E-state index in [9.17, 15) is 0 Å². The number of aliphatic hydroxyl groups excluding tert-OH is 1. The molecule has 0 aliphatic rings. The second kappa shape index (κ2) is 8.82. The summed E-state index contributed by atoms with van der Waals surface area (Å²) in [6.45, 7) is 10.6. The summed E-state index contributed by atoms with van der Waals surface area (Å²) in [6.07, 6.45) is 3.72. The van der Waals surface area contributed by atoms with Crippen LogP contribution in [0.25, 0.3) is 0 Å². The van der Waals surface area contributed by atoms with Gasteiger partial charge in [0.1, 0.15) is 17.5 Å². The molecule has 0 saturated heterocycles. The summed E-state index contributed by atoms with van der Waals surface area (Å²) >= 11 is 0. The molecule has 1 heterocycles. The van der Waals surface area contributed by atoms with E-state index in [1.807, 2.05) is 6.07 Å². The van der Waals surface area contributed by atoms with E-state index in [1.54, 1.807) is 0 Å². The molecule has 21 heavy (non-hydrogen) atoms. The molecule has 1 aromatic rings. The van der Waals surface area contributed by atoms with Crippen LogP contribution < -0.4 is 10.6 Å². The molecule has 0 amide bonds. The summed E-state index contributed by atoms with van der Waals surface area (Å²) in [7, 11) is 0. The fourth-order valence-corrected chi connectivity index (χ4v) is 2.07. The van der Waals surface area contributed by atoms with Crippen LogP contribution in [0.1, 0.15) is 52.8 Å². The molecule has 0 aromatic carbocycles. The first-order valence-corrected chi connectivity index (χ1v) is 7.97. The van der Waals surface area contributed by atoms with Crippen molar-refractivity contribution in [3.8, 4) is 0 Å². The van der Waals surface area contributed by atoms with Crippen LogP contribution in [0.2, 0.25) is 0 Å². The Morgan fingerprint density at radius 1 is 1.14 bits per heavy atom. The third kappa shape index (κ3) is 6.76. The van der Waals surface area contributed by atoms with Gasteiger partial charge in [-0.2, -0.15) is 0 Å². The minimum atomic E-state index is 0.136. The number of anilines is 2. The molecule has 120 valence electrons. The van der Waals surface area contributed by atoms with E-state index in [0.717, 1.165) is 56.2 Å². The molecule has 0 aliphatic carbocycles. The summed E-state index contributed by atoms with van der Waals surface area (Å²) in [6, 6.07) is 1.97. The zero-order chi connectivity index (χ0) is 15.7. The molecule has 0 radical (unpaired) electrons. The van der Waals surface area contributed by atoms with Gasteiger partial charge in [-0.3, -0.25) is 0 Å². The SMILES string of the molecule is CCCNc1cc(NCC(C)(C)CCCO)nc(CC)n1. The Morgan fingerprint density at radius 3 is 2.38 bits per heavy atom. The normalized spacial score (nSPS) is 11.5. The minimum Gasteiger partial charge on any atom is -0.396 e. The summed E-state index contributed by atoms with van der Waals surface area (Å²) in [5.41, 5.74) is 0.136. The van der Waals surface area contributed by atoms with Crippen LogP contribution in [0.15, 0.2) is 6.07 Å². The Kier molecular flexibility index (Phi) is 7.43. The van der Waals surface area contributed by atoms with Crippen molar-refractivity contribution in [2.45, 2.75) is 53.4 Å². The Bertz CT molecular complexity index is 421. The number of nitrogens with zero attached hydrogens (tertiary/aromatic N) is 2. The van der Waals surface area contributed by atoms with Crippen molar-refractivity contribution in [1.29, 1.82) is 0 Å². The van der Waals surface area contributed by atoms with Crippen LogP contribution >= 0.6 is 0 Å². The summed E-state index contributed by atoms with van der Waals surface area (Å²) in [5.74, 6) is 2.61. The van der Waals surface area contributed by atoms with Crippen LogP contribution in [-0.2, 0) is 6.42 Å². The fraction of sp³-hybridized carbons (Fsp3) is 0.750. The maximum atomic E-state index is 8.95. The van der Waals surface area contributed by atoms with Gasteiger partial charge in [-0.1, -0.05) is 27.7 Å². The number of hydrogen-bond acceptors (Lipinski definition) is 5. The van der Waals surface area contributed by atoms with Crippen molar-refractivity contribution < 1.29 is 5.11 Å². The Morgan fingerprint density at radius 2 is 1.81 bits per heavy atom. The van der Waals surface area contributed by atoms with E-state index in [2.05, 4.69) is 48.3 Å². The minimum absolute atomic E-state index is 0.136. The smallest absolute Gasteiger partial charge is 0.132 e. The van der Waals surface area contributed by atoms with E-state index in [1.165, 1.54) is 0 Å². The van der Waals surface area contributed by atoms with Gasteiger partial charge in [-0.25, -0.2) is 9.97 Å². The van der Waals surface area contributed by atoms with Gasteiger partial charge in [0.05, 0.1) is 0 Å². The molecule has 0 unspecified atom stereocenters. The molecule has 0 bridgehead atoms. The number of hydrogen-bond donors (Lipinski definition) is 3.